The summed E-state index contributed by atoms with van der Waals surface area (Å²) in [5.41, 5.74) is 12.4. The van der Waals surface area contributed by atoms with Gasteiger partial charge in [0, 0.05) is 24.3 Å². The lowest BCUT2D eigenvalue weighted by atomic mass is 9.94. The number of pyridine rings is 1. The van der Waals surface area contributed by atoms with Gasteiger partial charge in [0.25, 0.3) is 5.91 Å². The van der Waals surface area contributed by atoms with E-state index in [1.165, 1.54) is 11.1 Å². The van der Waals surface area contributed by atoms with E-state index in [-0.39, 0.29) is 17.9 Å². The van der Waals surface area contributed by atoms with Crippen LogP contribution in [0.15, 0.2) is 42.6 Å². The molecule has 1 aromatic carbocycles. The number of nitrogens with two attached hydrogens (primary N) is 1. The van der Waals surface area contributed by atoms with Crippen LogP contribution in [0.4, 0.5) is 0 Å². The molecule has 1 saturated heterocycles. The Hall–Kier alpha value is -3.17. The first-order valence-corrected chi connectivity index (χ1v) is 12.5. The summed E-state index contributed by atoms with van der Waals surface area (Å²) in [7, 11) is 0. The molecule has 3 heterocycles. The second-order valence-corrected chi connectivity index (χ2v) is 10.1. The van der Waals surface area contributed by atoms with Gasteiger partial charge in [0.05, 0.1) is 29.2 Å². The van der Waals surface area contributed by atoms with Gasteiger partial charge in [-0.25, -0.2) is 4.52 Å². The maximum Gasteiger partial charge on any atom is 0.254 e. The monoisotopic (exact) mass is 455 g/mol. The molecule has 4 atom stereocenters. The molecule has 1 aliphatic carbocycles. The van der Waals surface area contributed by atoms with Gasteiger partial charge in [0.1, 0.15) is 0 Å². The molecule has 0 radical (unpaired) electrons. The quantitative estimate of drug-likeness (QED) is 0.583. The molecular weight excluding hydrogens is 422 g/mol. The average Bonchev–Trinajstić information content (AvgIpc) is 3.48. The van der Waals surface area contributed by atoms with Gasteiger partial charge in [-0.05, 0) is 99.2 Å². The number of amides is 1. The molecule has 5 rings (SSSR count). The van der Waals surface area contributed by atoms with Crippen LogP contribution >= 0.6 is 0 Å². The fourth-order valence-electron chi connectivity index (χ4n) is 5.74. The number of piperidine rings is 1. The molecule has 1 amide bonds. The van der Waals surface area contributed by atoms with Crippen molar-refractivity contribution >= 4 is 11.4 Å². The molecule has 6 nitrogen and oxygen atoms in total. The van der Waals surface area contributed by atoms with Crippen molar-refractivity contribution in [1.82, 2.24) is 14.5 Å². The lowest BCUT2D eigenvalue weighted by Crippen LogP contribution is -2.38. The van der Waals surface area contributed by atoms with Crippen LogP contribution in [-0.4, -0.2) is 33.0 Å². The van der Waals surface area contributed by atoms with Gasteiger partial charge in [-0.2, -0.15) is 10.4 Å². The van der Waals surface area contributed by atoms with E-state index in [4.69, 9.17) is 10.8 Å². The molecule has 2 unspecified atom stereocenters. The van der Waals surface area contributed by atoms with Gasteiger partial charge in [-0.3, -0.25) is 4.79 Å². The number of hydrogen-bond acceptors (Lipinski definition) is 4. The Bertz CT molecular complexity index is 1260. The predicted octanol–water partition coefficient (Wildman–Crippen LogP) is 5.23. The van der Waals surface area contributed by atoms with Crippen LogP contribution in [0.1, 0.15) is 96.1 Å². The van der Waals surface area contributed by atoms with Crippen molar-refractivity contribution in [2.45, 2.75) is 76.3 Å². The summed E-state index contributed by atoms with van der Waals surface area (Å²) in [5.74, 6) is 0.301. The number of fused-ring (bicyclic) bond motifs is 1. The van der Waals surface area contributed by atoms with Gasteiger partial charge >= 0.3 is 0 Å². The minimum Gasteiger partial charge on any atom is -0.330 e. The third-order valence-electron chi connectivity index (χ3n) is 7.70. The predicted molar refractivity (Wildman–Crippen MR) is 133 cm³/mol. The minimum atomic E-state index is -0.241. The SMILES string of the molecule is Cc1cn2nc([C@@H]3CCCCN3C(=O)c3cccc(C(C)C#N)c3)cc2cc1C1CC[C@H](N)C1. The second kappa shape index (κ2) is 9.23. The highest BCUT2D eigenvalue weighted by atomic mass is 16.2. The Labute approximate surface area is 201 Å². The number of likely N-dealkylation sites (tertiary alicyclic amines) is 1. The summed E-state index contributed by atoms with van der Waals surface area (Å²) in [4.78, 5) is 15.5. The molecule has 2 N–H and O–H groups in total. The number of hydrogen-bond donors (Lipinski definition) is 1. The van der Waals surface area contributed by atoms with Crippen molar-refractivity contribution < 1.29 is 4.79 Å². The number of aromatic nitrogens is 2. The Morgan fingerprint density at radius 3 is 2.82 bits per heavy atom. The van der Waals surface area contributed by atoms with Crippen LogP contribution < -0.4 is 5.73 Å². The van der Waals surface area contributed by atoms with Gasteiger partial charge in [0.2, 0.25) is 0 Å². The third kappa shape index (κ3) is 4.21. The maximum atomic E-state index is 13.6. The van der Waals surface area contributed by atoms with Crippen LogP contribution in [0.3, 0.4) is 0 Å². The largest absolute Gasteiger partial charge is 0.330 e. The molecule has 0 spiro atoms. The Morgan fingerprint density at radius 1 is 1.21 bits per heavy atom. The molecule has 6 heteroatoms. The van der Waals surface area contributed by atoms with Crippen LogP contribution in [0.25, 0.3) is 5.52 Å². The van der Waals surface area contributed by atoms with E-state index in [0.29, 0.717) is 17.5 Å². The zero-order valence-electron chi connectivity index (χ0n) is 20.1. The van der Waals surface area contributed by atoms with Crippen molar-refractivity contribution in [3.63, 3.8) is 0 Å². The topological polar surface area (TPSA) is 87.4 Å². The van der Waals surface area contributed by atoms with Crippen molar-refractivity contribution in [3.8, 4) is 6.07 Å². The highest BCUT2D eigenvalue weighted by molar-refractivity contribution is 5.94. The Kier molecular flexibility index (Phi) is 6.14. The maximum absolute atomic E-state index is 13.6. The molecule has 176 valence electrons. The van der Waals surface area contributed by atoms with Crippen molar-refractivity contribution in [1.29, 1.82) is 5.26 Å². The summed E-state index contributed by atoms with van der Waals surface area (Å²) in [5, 5.41) is 14.2. The molecule has 2 aliphatic rings. The lowest BCUT2D eigenvalue weighted by Gasteiger charge is -2.35. The molecule has 2 fully saturated rings. The van der Waals surface area contributed by atoms with Gasteiger partial charge in [0.15, 0.2) is 0 Å². The van der Waals surface area contributed by atoms with E-state index in [2.05, 4.69) is 31.3 Å². The highest BCUT2D eigenvalue weighted by Crippen LogP contribution is 2.37. The number of nitriles is 1. The van der Waals surface area contributed by atoms with Crippen LogP contribution in [0.5, 0.6) is 0 Å². The molecule has 34 heavy (non-hydrogen) atoms. The number of benzene rings is 1. The summed E-state index contributed by atoms with van der Waals surface area (Å²) in [6, 6.07) is 14.5. The molecule has 0 bridgehead atoms. The van der Waals surface area contributed by atoms with E-state index >= 15 is 0 Å². The number of nitrogens with zero attached hydrogens (tertiary/aromatic N) is 4. The molecule has 2 aromatic heterocycles. The zero-order chi connectivity index (χ0) is 23.8. The molecule has 1 saturated carbocycles. The van der Waals surface area contributed by atoms with Gasteiger partial charge in [-0.1, -0.05) is 12.1 Å². The van der Waals surface area contributed by atoms with E-state index in [1.54, 1.807) is 0 Å². The first-order chi connectivity index (χ1) is 16.4. The van der Waals surface area contributed by atoms with Crippen molar-refractivity contribution in [2.24, 2.45) is 5.73 Å². The first-order valence-electron chi connectivity index (χ1n) is 12.5. The summed E-state index contributed by atoms with van der Waals surface area (Å²) < 4.78 is 1.97. The summed E-state index contributed by atoms with van der Waals surface area (Å²) >= 11 is 0. The van der Waals surface area contributed by atoms with Crippen LogP contribution in [-0.2, 0) is 0 Å². The van der Waals surface area contributed by atoms with Crippen molar-refractivity contribution in [3.05, 3.63) is 70.5 Å². The standard InChI is InChI=1S/C28H33N5O/c1-18(16-29)20-6-5-7-22(12-20)28(34)32-11-4-3-8-27(32)26-15-24-14-25(19(2)17-33(24)31-26)21-9-10-23(30)13-21/h5-7,12,14-15,17-18,21,23,27H,3-4,8-11,13,30H2,1-2H3/t18?,21?,23-,27-/m0/s1. The van der Waals surface area contributed by atoms with E-state index < -0.39 is 0 Å². The zero-order valence-corrected chi connectivity index (χ0v) is 20.1. The third-order valence-corrected chi connectivity index (χ3v) is 7.70. The molecule has 1 aliphatic heterocycles. The van der Waals surface area contributed by atoms with Crippen molar-refractivity contribution in [2.75, 3.05) is 6.54 Å². The van der Waals surface area contributed by atoms with E-state index in [0.717, 1.165) is 61.8 Å². The van der Waals surface area contributed by atoms with Crippen LogP contribution in [0, 0.1) is 18.3 Å². The fraction of sp³-hybridized carbons (Fsp3) is 0.464. The Morgan fingerprint density at radius 2 is 2.06 bits per heavy atom. The molecular formula is C28H33N5O. The first kappa shape index (κ1) is 22.6. The van der Waals surface area contributed by atoms with E-state index in [9.17, 15) is 10.1 Å². The van der Waals surface area contributed by atoms with Gasteiger partial charge in [-0.15, -0.1) is 0 Å². The van der Waals surface area contributed by atoms with E-state index in [1.807, 2.05) is 40.6 Å². The number of aryl methyl sites for hydroxylation is 1. The number of carbonyl (C=O) groups excluding carboxylic acids is 1. The highest BCUT2D eigenvalue weighted by Gasteiger charge is 2.31. The second-order valence-electron chi connectivity index (χ2n) is 10.1. The smallest absolute Gasteiger partial charge is 0.254 e. The minimum absolute atomic E-state index is 0.0190. The summed E-state index contributed by atoms with van der Waals surface area (Å²) in [6.07, 6.45) is 8.40. The van der Waals surface area contributed by atoms with Crippen LogP contribution in [0.2, 0.25) is 0 Å². The Balaban J connectivity index is 1.45. The fourth-order valence-corrected chi connectivity index (χ4v) is 5.74. The number of rotatable bonds is 4. The average molecular weight is 456 g/mol. The lowest BCUT2D eigenvalue weighted by molar-refractivity contribution is 0.0605. The number of carbonyl (C=O) groups is 1. The van der Waals surface area contributed by atoms with Gasteiger partial charge < -0.3 is 10.6 Å². The normalized spacial score (nSPS) is 23.7. The molecule has 3 aromatic rings. The summed E-state index contributed by atoms with van der Waals surface area (Å²) in [6.45, 7) is 4.74.